The Morgan fingerprint density at radius 2 is 2.03 bits per heavy atom. The first kappa shape index (κ1) is 21.4. The third-order valence-electron chi connectivity index (χ3n) is 4.39. The number of halogens is 1. The molecule has 2 aromatic rings. The molecule has 1 fully saturated rings. The monoisotopic (exact) mass is 446 g/mol. The fraction of sp³-hybridized carbons (Fsp3) is 0.190. The molecular formula is C21H19ClN2O3S2. The third-order valence-corrected chi connectivity index (χ3v) is 5.95. The largest absolute Gasteiger partial charge is 0.508 e. The smallest absolute Gasteiger partial charge is 0.266 e. The van der Waals surface area contributed by atoms with Gasteiger partial charge in [0.1, 0.15) is 16.1 Å². The predicted molar refractivity (Wildman–Crippen MR) is 121 cm³/mol. The van der Waals surface area contributed by atoms with Crippen LogP contribution in [0.25, 0.3) is 6.08 Å². The Morgan fingerprint density at radius 3 is 2.72 bits per heavy atom. The summed E-state index contributed by atoms with van der Waals surface area (Å²) in [6.07, 6.45) is 2.34. The number of carbonyl (C=O) groups is 2. The van der Waals surface area contributed by atoms with Gasteiger partial charge in [-0.1, -0.05) is 59.8 Å². The topological polar surface area (TPSA) is 69.6 Å². The van der Waals surface area contributed by atoms with Gasteiger partial charge in [0, 0.05) is 11.6 Å². The number of phenols is 1. The summed E-state index contributed by atoms with van der Waals surface area (Å²) in [5, 5.41) is 12.7. The van der Waals surface area contributed by atoms with Gasteiger partial charge >= 0.3 is 0 Å². The zero-order valence-corrected chi connectivity index (χ0v) is 18.0. The first-order chi connectivity index (χ1) is 13.8. The molecule has 29 heavy (non-hydrogen) atoms. The van der Waals surface area contributed by atoms with Crippen molar-refractivity contribution in [1.29, 1.82) is 0 Å². The summed E-state index contributed by atoms with van der Waals surface area (Å²) in [6.45, 7) is 2.07. The van der Waals surface area contributed by atoms with Crippen LogP contribution in [-0.2, 0) is 16.0 Å². The van der Waals surface area contributed by atoms with Crippen LogP contribution in [0.4, 0.5) is 0 Å². The van der Waals surface area contributed by atoms with Gasteiger partial charge in [-0.15, -0.1) is 0 Å². The van der Waals surface area contributed by atoms with Crippen molar-refractivity contribution in [2.24, 2.45) is 0 Å². The third kappa shape index (κ3) is 5.38. The van der Waals surface area contributed by atoms with Gasteiger partial charge in [0.15, 0.2) is 0 Å². The highest BCUT2D eigenvalue weighted by molar-refractivity contribution is 8.26. The molecular weight excluding hydrogens is 428 g/mol. The lowest BCUT2D eigenvalue weighted by Gasteiger charge is -2.22. The summed E-state index contributed by atoms with van der Waals surface area (Å²) in [6, 6.07) is 13.3. The number of benzene rings is 2. The fourth-order valence-corrected chi connectivity index (χ4v) is 4.44. The summed E-state index contributed by atoms with van der Waals surface area (Å²) in [5.74, 6) is -0.364. The van der Waals surface area contributed by atoms with Gasteiger partial charge in [-0.2, -0.15) is 0 Å². The van der Waals surface area contributed by atoms with E-state index in [9.17, 15) is 14.7 Å². The Bertz CT molecular complexity index is 976. The molecule has 2 aromatic carbocycles. The van der Waals surface area contributed by atoms with Crippen molar-refractivity contribution in [3.8, 4) is 5.75 Å². The highest BCUT2D eigenvalue weighted by Crippen LogP contribution is 2.34. The maximum Gasteiger partial charge on any atom is 0.266 e. The predicted octanol–water partition coefficient (Wildman–Crippen LogP) is 3.99. The lowest BCUT2D eigenvalue weighted by atomic mass is 10.1. The second-order valence-electron chi connectivity index (χ2n) is 6.49. The minimum Gasteiger partial charge on any atom is -0.508 e. The number of carbonyl (C=O) groups excluding carboxylic acids is 2. The number of aromatic hydroxyl groups is 1. The van der Waals surface area contributed by atoms with E-state index in [4.69, 9.17) is 23.8 Å². The van der Waals surface area contributed by atoms with Crippen molar-refractivity contribution in [3.63, 3.8) is 0 Å². The Kier molecular flexibility index (Phi) is 6.95. The molecule has 0 bridgehead atoms. The summed E-state index contributed by atoms with van der Waals surface area (Å²) < 4.78 is 0.351. The van der Waals surface area contributed by atoms with E-state index < -0.39 is 6.04 Å². The number of hydrogen-bond acceptors (Lipinski definition) is 5. The van der Waals surface area contributed by atoms with Gasteiger partial charge in [-0.25, -0.2) is 0 Å². The van der Waals surface area contributed by atoms with Crippen LogP contribution in [0.1, 0.15) is 18.1 Å². The van der Waals surface area contributed by atoms with Crippen LogP contribution in [0.2, 0.25) is 5.02 Å². The van der Waals surface area contributed by atoms with Crippen LogP contribution in [0.5, 0.6) is 5.75 Å². The standard InChI is InChI=1S/C21H19ClN2O3S2/c1-13(19(26)23-10-9-14-5-7-17(25)8-6-14)24-20(27)18(29-21(24)28)12-15-3-2-4-16(22)11-15/h2-8,11-13,25H,9-10H2,1H3,(H,23,26). The Morgan fingerprint density at radius 1 is 1.31 bits per heavy atom. The molecule has 0 spiro atoms. The first-order valence-corrected chi connectivity index (χ1v) is 10.5. The summed E-state index contributed by atoms with van der Waals surface area (Å²) in [4.78, 5) is 27.1. The average Bonchev–Trinajstić information content (AvgIpc) is 2.96. The van der Waals surface area contributed by atoms with Gasteiger partial charge in [-0.05, 0) is 54.8 Å². The number of rotatable bonds is 6. The molecule has 5 nitrogen and oxygen atoms in total. The van der Waals surface area contributed by atoms with Gasteiger partial charge in [0.2, 0.25) is 5.91 Å². The van der Waals surface area contributed by atoms with Crippen molar-refractivity contribution in [1.82, 2.24) is 10.2 Å². The quantitative estimate of drug-likeness (QED) is 0.518. The van der Waals surface area contributed by atoms with Gasteiger partial charge in [0.25, 0.3) is 5.91 Å². The van der Waals surface area contributed by atoms with E-state index in [1.54, 1.807) is 55.5 Å². The molecule has 1 aliphatic rings. The molecule has 1 heterocycles. The number of nitrogens with zero attached hydrogens (tertiary/aromatic N) is 1. The van der Waals surface area contributed by atoms with Crippen molar-refractivity contribution >= 4 is 57.8 Å². The molecule has 3 rings (SSSR count). The summed E-state index contributed by atoms with van der Waals surface area (Å²) >= 11 is 12.5. The Labute approximate surface area is 183 Å². The van der Waals surface area contributed by atoms with E-state index in [2.05, 4.69) is 5.32 Å². The van der Waals surface area contributed by atoms with E-state index >= 15 is 0 Å². The maximum atomic E-state index is 12.8. The summed E-state index contributed by atoms with van der Waals surface area (Å²) in [5.41, 5.74) is 1.79. The SMILES string of the molecule is CC(C(=O)NCCc1ccc(O)cc1)N1C(=O)C(=Cc2cccc(Cl)c2)SC1=S. The first-order valence-electron chi connectivity index (χ1n) is 8.93. The molecule has 0 saturated carbocycles. The Hall–Kier alpha value is -2.35. The van der Waals surface area contributed by atoms with Crippen molar-refractivity contribution < 1.29 is 14.7 Å². The number of phenolic OH excluding ortho intramolecular Hbond substituents is 1. The number of amides is 2. The minimum atomic E-state index is -0.715. The minimum absolute atomic E-state index is 0.201. The van der Waals surface area contributed by atoms with Crippen LogP contribution in [-0.4, -0.2) is 38.7 Å². The molecule has 2 amide bonds. The van der Waals surface area contributed by atoms with E-state index in [0.29, 0.717) is 27.2 Å². The van der Waals surface area contributed by atoms with Gasteiger partial charge < -0.3 is 10.4 Å². The van der Waals surface area contributed by atoms with Crippen LogP contribution < -0.4 is 5.32 Å². The van der Waals surface area contributed by atoms with Crippen molar-refractivity contribution in [2.45, 2.75) is 19.4 Å². The molecule has 0 aromatic heterocycles. The zero-order valence-electron chi connectivity index (χ0n) is 15.6. The van der Waals surface area contributed by atoms with Crippen LogP contribution in [0, 0.1) is 0 Å². The highest BCUT2D eigenvalue weighted by Gasteiger charge is 2.38. The zero-order chi connectivity index (χ0) is 21.0. The molecule has 8 heteroatoms. The number of thioether (sulfide) groups is 1. The summed E-state index contributed by atoms with van der Waals surface area (Å²) in [7, 11) is 0. The van der Waals surface area contributed by atoms with Gasteiger partial charge in [-0.3, -0.25) is 14.5 Å². The maximum absolute atomic E-state index is 12.8. The lowest BCUT2D eigenvalue weighted by Crippen LogP contribution is -2.47. The second-order valence-corrected chi connectivity index (χ2v) is 8.60. The number of hydrogen-bond donors (Lipinski definition) is 2. The molecule has 1 saturated heterocycles. The molecule has 2 N–H and O–H groups in total. The van der Waals surface area contributed by atoms with E-state index in [1.165, 1.54) is 16.7 Å². The number of thiocarbonyl (C=S) groups is 1. The molecule has 150 valence electrons. The molecule has 0 radical (unpaired) electrons. The van der Waals surface area contributed by atoms with Crippen LogP contribution in [0.15, 0.2) is 53.4 Å². The van der Waals surface area contributed by atoms with E-state index in [1.807, 2.05) is 6.07 Å². The van der Waals surface area contributed by atoms with Gasteiger partial charge in [0.05, 0.1) is 4.91 Å². The van der Waals surface area contributed by atoms with E-state index in [0.717, 1.165) is 11.1 Å². The Balaban J connectivity index is 1.61. The van der Waals surface area contributed by atoms with Crippen molar-refractivity contribution in [3.05, 3.63) is 69.6 Å². The van der Waals surface area contributed by atoms with Crippen LogP contribution >= 0.6 is 35.6 Å². The van der Waals surface area contributed by atoms with Crippen molar-refractivity contribution in [2.75, 3.05) is 6.54 Å². The second kappa shape index (κ2) is 9.43. The molecule has 0 aliphatic carbocycles. The lowest BCUT2D eigenvalue weighted by molar-refractivity contribution is -0.132. The normalized spacial score (nSPS) is 16.3. The molecule has 1 unspecified atom stereocenters. The molecule has 1 aliphatic heterocycles. The fourth-order valence-electron chi connectivity index (χ4n) is 2.82. The van der Waals surface area contributed by atoms with E-state index in [-0.39, 0.29) is 17.6 Å². The average molecular weight is 447 g/mol. The highest BCUT2D eigenvalue weighted by atomic mass is 35.5. The molecule has 1 atom stereocenters. The number of nitrogens with one attached hydrogen (secondary N) is 1. The van der Waals surface area contributed by atoms with Crippen LogP contribution in [0.3, 0.4) is 0 Å².